The van der Waals surface area contributed by atoms with Crippen molar-refractivity contribution in [3.05, 3.63) is 28.9 Å². The summed E-state index contributed by atoms with van der Waals surface area (Å²) < 4.78 is 26.5. The monoisotopic (exact) mass is 459 g/mol. The van der Waals surface area contributed by atoms with Gasteiger partial charge in [-0.15, -0.1) is 0 Å². The Morgan fingerprint density at radius 1 is 1.41 bits per heavy atom. The minimum absolute atomic E-state index is 0.0279. The molecule has 2 N–H and O–H groups in total. The molecule has 0 aliphatic rings. The molecule has 2 aromatic heterocycles. The first-order valence-corrected chi connectivity index (χ1v) is 9.32. The summed E-state index contributed by atoms with van der Waals surface area (Å²) in [5.41, 5.74) is 0.780. The lowest BCUT2D eigenvalue weighted by atomic mass is 10.1. The molecule has 0 bridgehead atoms. The summed E-state index contributed by atoms with van der Waals surface area (Å²) in [6.45, 7) is 6.13. The van der Waals surface area contributed by atoms with Crippen molar-refractivity contribution in [2.45, 2.75) is 27.0 Å². The number of pyridine rings is 1. The summed E-state index contributed by atoms with van der Waals surface area (Å²) in [4.78, 5) is 15.4. The molecule has 0 spiro atoms. The maximum atomic E-state index is 14.4. The van der Waals surface area contributed by atoms with Crippen LogP contribution >= 0.6 is 28.1 Å². The van der Waals surface area contributed by atoms with Gasteiger partial charge in [0.05, 0.1) is 23.5 Å². The maximum absolute atomic E-state index is 14.4. The highest BCUT2D eigenvalue weighted by Gasteiger charge is 2.18. The van der Waals surface area contributed by atoms with Crippen LogP contribution in [0.15, 0.2) is 23.1 Å². The first kappa shape index (κ1) is 21.2. The molecule has 2 aromatic rings. The molecule has 11 heteroatoms. The molecule has 2 heterocycles. The fraction of sp³-hybridized carbons (Fsp3) is 0.375. The van der Waals surface area contributed by atoms with Crippen LogP contribution in [0.1, 0.15) is 27.0 Å². The molecule has 8 nitrogen and oxygen atoms in total. The predicted octanol–water partition coefficient (Wildman–Crippen LogP) is 3.84. The van der Waals surface area contributed by atoms with Crippen LogP contribution < -0.4 is 10.6 Å². The van der Waals surface area contributed by atoms with Gasteiger partial charge in [0, 0.05) is 23.9 Å². The van der Waals surface area contributed by atoms with Gasteiger partial charge in [0.1, 0.15) is 12.0 Å². The highest BCUT2D eigenvalue weighted by Crippen LogP contribution is 2.35. The highest BCUT2D eigenvalue weighted by atomic mass is 79.9. The molecule has 0 saturated heterocycles. The summed E-state index contributed by atoms with van der Waals surface area (Å²) in [5.74, 6) is -0.306. The van der Waals surface area contributed by atoms with Gasteiger partial charge < -0.3 is 14.8 Å². The molecule has 1 atom stereocenters. The number of ether oxygens (including phenoxy) is 2. The van der Waals surface area contributed by atoms with E-state index in [0.717, 1.165) is 6.20 Å². The molecule has 0 aliphatic heterocycles. The van der Waals surface area contributed by atoms with E-state index in [-0.39, 0.29) is 29.3 Å². The molecular weight excluding hydrogens is 441 g/mol. The van der Waals surface area contributed by atoms with Crippen molar-refractivity contribution < 1.29 is 18.7 Å². The number of rotatable bonds is 6. The van der Waals surface area contributed by atoms with Crippen molar-refractivity contribution in [1.29, 1.82) is 0 Å². The van der Waals surface area contributed by atoms with Crippen molar-refractivity contribution >= 4 is 45.2 Å². The number of hydrogen-bond donors (Lipinski definition) is 2. The van der Waals surface area contributed by atoms with E-state index in [1.165, 1.54) is 6.20 Å². The van der Waals surface area contributed by atoms with Crippen LogP contribution in [-0.2, 0) is 9.47 Å². The Kier molecular flexibility index (Phi) is 7.63. The minimum atomic E-state index is -0.695. The van der Waals surface area contributed by atoms with E-state index in [0.29, 0.717) is 16.6 Å². The number of aromatic nitrogens is 3. The van der Waals surface area contributed by atoms with Crippen LogP contribution in [0.5, 0.6) is 0 Å². The third-order valence-electron chi connectivity index (χ3n) is 3.37. The topological polar surface area (TPSA) is 90.3 Å². The average Bonchev–Trinajstić information content (AvgIpc) is 3.08. The van der Waals surface area contributed by atoms with E-state index in [4.69, 9.17) is 21.7 Å². The van der Waals surface area contributed by atoms with Gasteiger partial charge in [-0.2, -0.15) is 5.10 Å². The van der Waals surface area contributed by atoms with Gasteiger partial charge >= 0.3 is 6.09 Å². The number of nitrogens with one attached hydrogen (secondary N) is 2. The Hall–Kier alpha value is -2.11. The third-order valence-corrected chi connectivity index (χ3v) is 4.34. The molecule has 0 fully saturated rings. The molecule has 1 unspecified atom stereocenters. The lowest BCUT2D eigenvalue weighted by Gasteiger charge is -2.13. The van der Waals surface area contributed by atoms with Crippen molar-refractivity contribution in [3.8, 4) is 11.1 Å². The molecule has 0 radical (unpaired) electrons. The second-order valence-corrected chi connectivity index (χ2v) is 6.41. The van der Waals surface area contributed by atoms with Gasteiger partial charge in [0.15, 0.2) is 10.9 Å². The normalized spacial score (nSPS) is 11.7. The summed E-state index contributed by atoms with van der Waals surface area (Å²) in [7, 11) is 0. The smallest absolute Gasteiger partial charge is 0.413 e. The molecule has 2 rings (SSSR count). The van der Waals surface area contributed by atoms with Crippen LogP contribution in [-0.4, -0.2) is 39.2 Å². The van der Waals surface area contributed by atoms with E-state index in [9.17, 15) is 9.18 Å². The number of halogens is 2. The standard InChI is InChI=1S/C16H19BrFN5O3S/c1-4-25-9(3)23-8-10(6-20-23)12-11(18)7-19-14(13(12)17)21-15(27)22-16(24)26-5-2/h6-9H,4-5H2,1-3H3,(H2,19,21,22,24,27). The number of hydrogen-bond acceptors (Lipinski definition) is 6. The Balaban J connectivity index is 2.25. The molecule has 1 amide bonds. The zero-order valence-electron chi connectivity index (χ0n) is 15.0. The van der Waals surface area contributed by atoms with Gasteiger partial charge in [-0.1, -0.05) is 0 Å². The Bertz CT molecular complexity index is 832. The molecule has 0 aromatic carbocycles. The fourth-order valence-corrected chi connectivity index (χ4v) is 3.00. The van der Waals surface area contributed by atoms with Crippen molar-refractivity contribution in [2.24, 2.45) is 0 Å². The van der Waals surface area contributed by atoms with Crippen molar-refractivity contribution in [2.75, 3.05) is 18.5 Å². The largest absolute Gasteiger partial charge is 0.450 e. The Morgan fingerprint density at radius 3 is 2.81 bits per heavy atom. The van der Waals surface area contributed by atoms with Crippen LogP contribution in [0.4, 0.5) is 15.0 Å². The van der Waals surface area contributed by atoms with E-state index in [1.54, 1.807) is 17.8 Å². The van der Waals surface area contributed by atoms with Gasteiger partial charge in [-0.05, 0) is 48.9 Å². The van der Waals surface area contributed by atoms with E-state index in [1.807, 2.05) is 13.8 Å². The summed E-state index contributed by atoms with van der Waals surface area (Å²) in [6.07, 6.45) is 3.27. The SMILES string of the molecule is CCOC(=O)NC(=S)Nc1ncc(F)c(-c2cnn(C(C)OCC)c2)c1Br. The lowest BCUT2D eigenvalue weighted by molar-refractivity contribution is 0.0160. The number of carbonyl (C=O) groups excluding carboxylic acids is 1. The van der Waals surface area contributed by atoms with E-state index in [2.05, 4.69) is 36.6 Å². The fourth-order valence-electron chi connectivity index (χ4n) is 2.20. The zero-order valence-corrected chi connectivity index (χ0v) is 17.4. The average molecular weight is 460 g/mol. The van der Waals surface area contributed by atoms with Crippen molar-refractivity contribution in [1.82, 2.24) is 20.1 Å². The number of anilines is 1. The highest BCUT2D eigenvalue weighted by molar-refractivity contribution is 9.10. The maximum Gasteiger partial charge on any atom is 0.413 e. The van der Waals surface area contributed by atoms with Gasteiger partial charge in [0.2, 0.25) is 0 Å². The first-order chi connectivity index (χ1) is 12.9. The summed E-state index contributed by atoms with van der Waals surface area (Å²) in [5, 5.41) is 9.24. The van der Waals surface area contributed by atoms with Crippen LogP contribution in [0.25, 0.3) is 11.1 Å². The lowest BCUT2D eigenvalue weighted by Crippen LogP contribution is -2.34. The molecule has 27 heavy (non-hydrogen) atoms. The number of amides is 1. The van der Waals surface area contributed by atoms with Crippen molar-refractivity contribution in [3.63, 3.8) is 0 Å². The molecule has 0 aliphatic carbocycles. The quantitative estimate of drug-likeness (QED) is 0.633. The molecule has 146 valence electrons. The van der Waals surface area contributed by atoms with Crippen LogP contribution in [0.2, 0.25) is 0 Å². The first-order valence-electron chi connectivity index (χ1n) is 8.12. The number of nitrogens with zero attached hydrogens (tertiary/aromatic N) is 3. The van der Waals surface area contributed by atoms with Gasteiger partial charge in [-0.3, -0.25) is 5.32 Å². The minimum Gasteiger partial charge on any atom is -0.450 e. The summed E-state index contributed by atoms with van der Waals surface area (Å²) in [6, 6.07) is 0. The van der Waals surface area contributed by atoms with Crippen LogP contribution in [0.3, 0.4) is 0 Å². The predicted molar refractivity (Wildman–Crippen MR) is 106 cm³/mol. The van der Waals surface area contributed by atoms with Crippen LogP contribution in [0, 0.1) is 5.82 Å². The Labute approximate surface area is 169 Å². The zero-order chi connectivity index (χ0) is 20.0. The van der Waals surface area contributed by atoms with Gasteiger partial charge in [0.25, 0.3) is 0 Å². The Morgan fingerprint density at radius 2 is 2.15 bits per heavy atom. The molecule has 0 saturated carbocycles. The molecular formula is C16H19BrFN5O3S. The summed E-state index contributed by atoms with van der Waals surface area (Å²) >= 11 is 8.37. The number of carbonyl (C=O) groups is 1. The van der Waals surface area contributed by atoms with Gasteiger partial charge in [-0.25, -0.2) is 18.9 Å². The van der Waals surface area contributed by atoms with E-state index >= 15 is 0 Å². The second-order valence-electron chi connectivity index (χ2n) is 5.21. The number of alkyl carbamates (subject to hydrolysis) is 1. The van der Waals surface area contributed by atoms with E-state index < -0.39 is 11.9 Å². The number of thiocarbonyl (C=S) groups is 1. The second kappa shape index (κ2) is 9.72. The third kappa shape index (κ3) is 5.44.